The summed E-state index contributed by atoms with van der Waals surface area (Å²) in [6.45, 7) is 6.17. The quantitative estimate of drug-likeness (QED) is 0.359. The highest BCUT2D eigenvalue weighted by atomic mass is 32.2. The summed E-state index contributed by atoms with van der Waals surface area (Å²) in [4.78, 5) is 35.8. The van der Waals surface area contributed by atoms with E-state index in [2.05, 4.69) is 36.9 Å². The fourth-order valence-electron chi connectivity index (χ4n) is 6.01. The molecule has 220 valence electrons. The average molecular weight is 584 g/mol. The first-order valence-corrected chi connectivity index (χ1v) is 15.5. The highest BCUT2D eigenvalue weighted by molar-refractivity contribution is 7.79. The molecule has 2 fully saturated rings. The standard InChI is InChI=1S/C30H38FN5O4S/c1-19(2)32-28(37)22-6-10-24(11-7-22)36-27-17-20(18-35-15-13-25(14-16-35)41(39)40)3-12-26(27)33-30(36)34-29(38)21-4-8-23(31)9-5-21/h3-5,8-9,12,17,19,22,24-25H,6-7,10-11,13-16,18H2,1-2H3,(H,32,37)(H,39,40)(H,33,34,38)/t22-,24+. The van der Waals surface area contributed by atoms with Crippen LogP contribution in [-0.4, -0.2) is 59.4 Å². The lowest BCUT2D eigenvalue weighted by Gasteiger charge is -2.30. The second kappa shape index (κ2) is 12.8. The van der Waals surface area contributed by atoms with Gasteiger partial charge in [-0.1, -0.05) is 6.07 Å². The average Bonchev–Trinajstić information content (AvgIpc) is 3.30. The summed E-state index contributed by atoms with van der Waals surface area (Å²) in [6, 6.07) is 11.7. The number of benzene rings is 2. The van der Waals surface area contributed by atoms with Gasteiger partial charge in [0.1, 0.15) is 5.82 Å². The van der Waals surface area contributed by atoms with Crippen LogP contribution in [0.3, 0.4) is 0 Å². The van der Waals surface area contributed by atoms with E-state index in [9.17, 15) is 22.7 Å². The Morgan fingerprint density at radius 2 is 1.76 bits per heavy atom. The summed E-state index contributed by atoms with van der Waals surface area (Å²) in [5.41, 5.74) is 3.64. The van der Waals surface area contributed by atoms with E-state index in [1.165, 1.54) is 24.3 Å². The molecular formula is C30H38FN5O4S. The largest absolute Gasteiger partial charge is 0.354 e. The number of nitrogens with one attached hydrogen (secondary N) is 2. The van der Waals surface area contributed by atoms with E-state index in [-0.39, 0.29) is 29.2 Å². The highest BCUT2D eigenvalue weighted by Gasteiger charge is 2.29. The number of rotatable bonds is 7. The number of aromatic amines is 1. The number of nitrogens with zero attached hydrogens (tertiary/aromatic N) is 3. The molecule has 3 aromatic rings. The maximum atomic E-state index is 13.4. The molecule has 2 heterocycles. The second-order valence-corrected chi connectivity index (χ2v) is 12.7. The minimum Gasteiger partial charge on any atom is -0.354 e. The molecule has 0 spiro atoms. The third-order valence-corrected chi connectivity index (χ3v) is 9.23. The number of fused-ring (bicyclic) bond motifs is 1. The summed E-state index contributed by atoms with van der Waals surface area (Å²) in [5, 5.41) is 2.86. The molecule has 5 rings (SSSR count). The molecule has 2 aliphatic rings. The van der Waals surface area contributed by atoms with Crippen molar-refractivity contribution in [1.29, 1.82) is 0 Å². The number of aromatic nitrogens is 2. The number of imidazole rings is 1. The van der Waals surface area contributed by atoms with Crippen molar-refractivity contribution >= 4 is 33.9 Å². The second-order valence-electron chi connectivity index (χ2n) is 11.5. The van der Waals surface area contributed by atoms with Gasteiger partial charge in [0, 0.05) is 30.1 Å². The number of H-pyrrole nitrogens is 1. The summed E-state index contributed by atoms with van der Waals surface area (Å²) in [6.07, 6.45) is 4.42. The van der Waals surface area contributed by atoms with Crippen LogP contribution in [0.2, 0.25) is 0 Å². The number of carbonyl (C=O) groups excluding carboxylic acids is 2. The Hall–Kier alpha value is -3.15. The maximum Gasteiger partial charge on any atom is 0.280 e. The van der Waals surface area contributed by atoms with Crippen molar-refractivity contribution in [1.82, 2.24) is 19.8 Å². The van der Waals surface area contributed by atoms with Gasteiger partial charge in [-0.3, -0.25) is 14.5 Å². The number of halogens is 1. The summed E-state index contributed by atoms with van der Waals surface area (Å²) < 4.78 is 36.4. The molecule has 11 heteroatoms. The monoisotopic (exact) mass is 583 g/mol. The fraction of sp³-hybridized carbons (Fsp3) is 0.500. The molecule has 0 radical (unpaired) electrons. The zero-order valence-corrected chi connectivity index (χ0v) is 24.3. The van der Waals surface area contributed by atoms with E-state index in [1.807, 2.05) is 19.9 Å². The number of carbonyl (C=O) groups is 2. The van der Waals surface area contributed by atoms with Gasteiger partial charge in [0.15, 0.2) is 11.1 Å². The Morgan fingerprint density at radius 1 is 1.07 bits per heavy atom. The number of hydrogen-bond donors (Lipinski definition) is 3. The smallest absolute Gasteiger partial charge is 0.280 e. The Kier molecular flexibility index (Phi) is 9.16. The topological polar surface area (TPSA) is 120 Å². The predicted octanol–water partition coefficient (Wildman–Crippen LogP) is 4.29. The van der Waals surface area contributed by atoms with Crippen molar-refractivity contribution in [3.8, 4) is 0 Å². The van der Waals surface area contributed by atoms with Gasteiger partial charge in [-0.2, -0.15) is 4.99 Å². The van der Waals surface area contributed by atoms with Crippen LogP contribution in [0, 0.1) is 11.7 Å². The van der Waals surface area contributed by atoms with E-state index in [4.69, 9.17) is 0 Å². The van der Waals surface area contributed by atoms with Crippen molar-refractivity contribution in [3.05, 3.63) is 65.0 Å². The first kappa shape index (κ1) is 29.3. The molecule has 41 heavy (non-hydrogen) atoms. The first-order chi connectivity index (χ1) is 19.7. The van der Waals surface area contributed by atoms with Crippen molar-refractivity contribution in [2.24, 2.45) is 10.9 Å². The summed E-state index contributed by atoms with van der Waals surface area (Å²) >= 11 is -1.78. The molecule has 1 unspecified atom stereocenters. The van der Waals surface area contributed by atoms with E-state index < -0.39 is 22.8 Å². The van der Waals surface area contributed by atoms with Gasteiger partial charge in [-0.25, -0.2) is 8.60 Å². The lowest BCUT2D eigenvalue weighted by atomic mass is 9.85. The zero-order chi connectivity index (χ0) is 29.1. The maximum absolute atomic E-state index is 13.4. The Morgan fingerprint density at radius 3 is 2.39 bits per heavy atom. The normalized spacial score (nSPS) is 21.8. The van der Waals surface area contributed by atoms with Crippen LogP contribution in [0.1, 0.15) is 74.3 Å². The van der Waals surface area contributed by atoms with Gasteiger partial charge in [-0.05, 0) is 107 Å². The van der Waals surface area contributed by atoms with E-state index in [0.717, 1.165) is 61.9 Å². The van der Waals surface area contributed by atoms with Crippen LogP contribution >= 0.6 is 0 Å². The zero-order valence-electron chi connectivity index (χ0n) is 23.5. The Labute approximate surface area is 241 Å². The third kappa shape index (κ3) is 7.02. The first-order valence-electron chi connectivity index (χ1n) is 14.4. The molecule has 1 aromatic heterocycles. The molecule has 2 amide bonds. The molecule has 2 aromatic carbocycles. The molecule has 1 saturated carbocycles. The summed E-state index contributed by atoms with van der Waals surface area (Å²) in [5.74, 6) is -0.816. The molecular weight excluding hydrogens is 545 g/mol. The van der Waals surface area contributed by atoms with E-state index in [1.54, 1.807) is 0 Å². The molecule has 1 saturated heterocycles. The number of amides is 2. The van der Waals surface area contributed by atoms with Gasteiger partial charge in [-0.15, -0.1) is 0 Å². The molecule has 1 aliphatic heterocycles. The fourth-order valence-corrected chi connectivity index (χ4v) is 6.62. The van der Waals surface area contributed by atoms with Gasteiger partial charge in [0.05, 0.1) is 16.3 Å². The van der Waals surface area contributed by atoms with E-state index >= 15 is 0 Å². The number of piperidine rings is 1. The van der Waals surface area contributed by atoms with Gasteiger partial charge in [0.2, 0.25) is 11.5 Å². The van der Waals surface area contributed by atoms with Gasteiger partial charge < -0.3 is 19.4 Å². The van der Waals surface area contributed by atoms with Crippen LogP contribution in [0.25, 0.3) is 11.0 Å². The predicted molar refractivity (Wildman–Crippen MR) is 156 cm³/mol. The van der Waals surface area contributed by atoms with Crippen LogP contribution in [0.5, 0.6) is 0 Å². The van der Waals surface area contributed by atoms with Crippen LogP contribution in [0.15, 0.2) is 47.5 Å². The van der Waals surface area contributed by atoms with Crippen LogP contribution in [-0.2, 0) is 22.4 Å². The number of hydrogen-bond acceptors (Lipinski definition) is 4. The van der Waals surface area contributed by atoms with Crippen LogP contribution < -0.4 is 10.9 Å². The van der Waals surface area contributed by atoms with Crippen molar-refractivity contribution in [2.75, 3.05) is 13.1 Å². The van der Waals surface area contributed by atoms with Gasteiger partial charge >= 0.3 is 0 Å². The number of likely N-dealkylation sites (tertiary alicyclic amines) is 1. The lowest BCUT2D eigenvalue weighted by Crippen LogP contribution is -2.38. The highest BCUT2D eigenvalue weighted by Crippen LogP contribution is 2.33. The van der Waals surface area contributed by atoms with Crippen molar-refractivity contribution in [3.63, 3.8) is 0 Å². The minimum atomic E-state index is -1.78. The molecule has 3 N–H and O–H groups in total. The molecule has 1 aliphatic carbocycles. The van der Waals surface area contributed by atoms with Crippen LogP contribution in [0.4, 0.5) is 4.39 Å². The Bertz CT molecular complexity index is 1480. The minimum absolute atomic E-state index is 0.0348. The third-order valence-electron chi connectivity index (χ3n) is 8.18. The molecule has 1 atom stereocenters. The van der Waals surface area contributed by atoms with Crippen molar-refractivity contribution in [2.45, 2.75) is 76.3 Å². The Balaban J connectivity index is 1.44. The molecule has 9 nitrogen and oxygen atoms in total. The van der Waals surface area contributed by atoms with E-state index in [0.29, 0.717) is 24.0 Å². The molecule has 0 bridgehead atoms. The lowest BCUT2D eigenvalue weighted by molar-refractivity contribution is -0.126. The summed E-state index contributed by atoms with van der Waals surface area (Å²) in [7, 11) is 0. The van der Waals surface area contributed by atoms with Crippen molar-refractivity contribution < 1.29 is 22.7 Å². The van der Waals surface area contributed by atoms with Gasteiger partial charge in [0.25, 0.3) is 5.91 Å². The SMILES string of the molecule is CC(C)NC(=O)[C@H]1CC[C@@H](n2/c(=N/C(=O)c3ccc(F)cc3)[nH]c3ccc(CN4CCC(S(=O)O)CC4)cc32)CC1.